The van der Waals surface area contributed by atoms with Gasteiger partial charge < -0.3 is 14.6 Å². The fourth-order valence-corrected chi connectivity index (χ4v) is 1.97. The maximum Gasteiger partial charge on any atom is 0.494 e. The topological polar surface area (TPSA) is 60.5 Å². The van der Waals surface area contributed by atoms with E-state index in [9.17, 15) is 4.79 Å². The van der Waals surface area contributed by atoms with Crippen molar-refractivity contribution in [3.63, 3.8) is 0 Å². The molecule has 1 fully saturated rings. The van der Waals surface area contributed by atoms with Gasteiger partial charge in [-0.05, 0) is 45.3 Å². The maximum absolute atomic E-state index is 11.4. The van der Waals surface area contributed by atoms with Gasteiger partial charge in [0, 0.05) is 18.9 Å². The highest BCUT2D eigenvalue weighted by molar-refractivity contribution is 6.62. The van der Waals surface area contributed by atoms with E-state index < -0.39 is 7.12 Å². The Labute approximate surface area is 120 Å². The van der Waals surface area contributed by atoms with Crippen LogP contribution in [-0.2, 0) is 20.5 Å². The van der Waals surface area contributed by atoms with E-state index in [0.717, 1.165) is 5.46 Å². The molecule has 1 aliphatic heterocycles. The molecule has 0 aromatic carbocycles. The summed E-state index contributed by atoms with van der Waals surface area (Å²) in [6, 6.07) is 3.72. The molecule has 0 atom stereocenters. The molecule has 0 spiro atoms. The first-order chi connectivity index (χ1) is 9.25. The van der Waals surface area contributed by atoms with Gasteiger partial charge in [-0.2, -0.15) is 0 Å². The van der Waals surface area contributed by atoms with Gasteiger partial charge in [0.1, 0.15) is 0 Å². The van der Waals surface area contributed by atoms with Crippen LogP contribution in [-0.4, -0.2) is 36.3 Å². The van der Waals surface area contributed by atoms with Crippen molar-refractivity contribution in [2.45, 2.75) is 45.3 Å². The summed E-state index contributed by atoms with van der Waals surface area (Å²) in [6.07, 6.45) is 1.93. The molecule has 20 heavy (non-hydrogen) atoms. The average Bonchev–Trinajstić information content (AvgIpc) is 2.59. The molecule has 0 unspecified atom stereocenters. The molecular formula is C14H21BN2O3. The normalized spacial score (nSPS) is 19.9. The zero-order chi connectivity index (χ0) is 15.0. The third kappa shape index (κ3) is 2.86. The second kappa shape index (κ2) is 5.18. The van der Waals surface area contributed by atoms with Gasteiger partial charge in [-0.3, -0.25) is 9.78 Å². The minimum Gasteiger partial charge on any atom is -0.399 e. The highest BCUT2D eigenvalue weighted by Gasteiger charge is 2.51. The van der Waals surface area contributed by atoms with E-state index in [1.165, 1.54) is 0 Å². The molecule has 0 saturated carbocycles. The number of amides is 1. The fraction of sp³-hybridized carbons (Fsp3) is 0.571. The van der Waals surface area contributed by atoms with Gasteiger partial charge in [0.15, 0.2) is 0 Å². The number of pyridine rings is 1. The van der Waals surface area contributed by atoms with Gasteiger partial charge in [0.25, 0.3) is 0 Å². The summed E-state index contributed by atoms with van der Waals surface area (Å²) in [6.45, 7) is 8.05. The molecule has 6 heteroatoms. The fourth-order valence-electron chi connectivity index (χ4n) is 1.97. The van der Waals surface area contributed by atoms with Crippen molar-refractivity contribution in [1.29, 1.82) is 0 Å². The lowest BCUT2D eigenvalue weighted by Gasteiger charge is -2.32. The van der Waals surface area contributed by atoms with Crippen molar-refractivity contribution in [2.24, 2.45) is 0 Å². The van der Waals surface area contributed by atoms with E-state index >= 15 is 0 Å². The number of carbonyl (C=O) groups is 1. The molecule has 2 heterocycles. The molecule has 1 amide bonds. The molecule has 0 aliphatic carbocycles. The minimum absolute atomic E-state index is 0.0661. The van der Waals surface area contributed by atoms with Gasteiger partial charge >= 0.3 is 7.12 Å². The average molecular weight is 276 g/mol. The number of nitrogens with one attached hydrogen (secondary N) is 1. The second-order valence-electron chi connectivity index (χ2n) is 6.02. The Morgan fingerprint density at radius 2 is 1.90 bits per heavy atom. The van der Waals surface area contributed by atoms with Crippen molar-refractivity contribution >= 4 is 18.5 Å². The van der Waals surface area contributed by atoms with E-state index in [1.807, 2.05) is 39.8 Å². The van der Waals surface area contributed by atoms with E-state index in [4.69, 9.17) is 9.31 Å². The predicted molar refractivity (Wildman–Crippen MR) is 77.7 cm³/mol. The third-order valence-corrected chi connectivity index (χ3v) is 3.99. The molecule has 5 nitrogen and oxygen atoms in total. The molecule has 1 aromatic heterocycles. The molecule has 108 valence electrons. The Balaban J connectivity index is 2.19. The van der Waals surface area contributed by atoms with E-state index in [2.05, 4.69) is 10.3 Å². The van der Waals surface area contributed by atoms with E-state index in [-0.39, 0.29) is 23.5 Å². The van der Waals surface area contributed by atoms with Crippen molar-refractivity contribution in [1.82, 2.24) is 10.3 Å². The van der Waals surface area contributed by atoms with Crippen LogP contribution in [0.2, 0.25) is 0 Å². The molecule has 2 rings (SSSR count). The summed E-state index contributed by atoms with van der Waals surface area (Å²) >= 11 is 0. The highest BCUT2D eigenvalue weighted by Crippen LogP contribution is 2.36. The van der Waals surface area contributed by atoms with Crippen LogP contribution in [0.3, 0.4) is 0 Å². The van der Waals surface area contributed by atoms with Crippen molar-refractivity contribution in [3.8, 4) is 0 Å². The highest BCUT2D eigenvalue weighted by atomic mass is 16.7. The second-order valence-corrected chi connectivity index (χ2v) is 6.02. The van der Waals surface area contributed by atoms with Gasteiger partial charge in [-0.15, -0.1) is 0 Å². The monoisotopic (exact) mass is 276 g/mol. The lowest BCUT2D eigenvalue weighted by Crippen LogP contribution is -2.41. The van der Waals surface area contributed by atoms with Crippen LogP contribution in [0.4, 0.5) is 0 Å². The molecule has 1 aliphatic rings. The first kappa shape index (κ1) is 15.0. The smallest absolute Gasteiger partial charge is 0.399 e. The lowest BCUT2D eigenvalue weighted by atomic mass is 9.79. The zero-order valence-electron chi connectivity index (χ0n) is 12.7. The number of hydrogen-bond donors (Lipinski definition) is 1. The Morgan fingerprint density at radius 1 is 1.30 bits per heavy atom. The van der Waals surface area contributed by atoms with Crippen molar-refractivity contribution in [2.75, 3.05) is 7.05 Å². The SMILES string of the molecule is CNC(=O)Cc1cc(B2OC(C)(C)C(C)(C)O2)ccn1. The van der Waals surface area contributed by atoms with Crippen LogP contribution in [0.25, 0.3) is 0 Å². The van der Waals surface area contributed by atoms with Crippen LogP contribution < -0.4 is 10.8 Å². The largest absolute Gasteiger partial charge is 0.494 e. The summed E-state index contributed by atoms with van der Waals surface area (Å²) in [7, 11) is 1.19. The number of rotatable bonds is 3. The van der Waals surface area contributed by atoms with Crippen LogP contribution in [0.5, 0.6) is 0 Å². The van der Waals surface area contributed by atoms with Crippen LogP contribution in [0.15, 0.2) is 18.3 Å². The number of hydrogen-bond acceptors (Lipinski definition) is 4. The van der Waals surface area contributed by atoms with Crippen molar-refractivity contribution in [3.05, 3.63) is 24.0 Å². The summed E-state index contributed by atoms with van der Waals surface area (Å²) in [5.74, 6) is -0.0661. The summed E-state index contributed by atoms with van der Waals surface area (Å²) in [5.41, 5.74) is 0.846. The molecule has 1 aromatic rings. The predicted octanol–water partition coefficient (Wildman–Crippen LogP) is 0.669. The van der Waals surface area contributed by atoms with Crippen LogP contribution in [0.1, 0.15) is 33.4 Å². The molecular weight excluding hydrogens is 255 g/mol. The van der Waals surface area contributed by atoms with E-state index in [0.29, 0.717) is 5.69 Å². The standard InChI is InChI=1S/C14H21BN2O3/c1-13(2)14(3,4)20-15(19-13)10-6-7-17-11(8-10)9-12(18)16-5/h6-8H,9H2,1-5H3,(H,16,18). The molecule has 0 bridgehead atoms. The van der Waals surface area contributed by atoms with Gasteiger partial charge in [-0.1, -0.05) is 0 Å². The van der Waals surface area contributed by atoms with Crippen molar-refractivity contribution < 1.29 is 14.1 Å². The van der Waals surface area contributed by atoms with Crippen LogP contribution >= 0.6 is 0 Å². The Kier molecular flexibility index (Phi) is 3.89. The number of likely N-dealkylation sites (N-methyl/N-ethyl adjacent to an activating group) is 1. The minimum atomic E-state index is -0.425. The summed E-state index contributed by atoms with van der Waals surface area (Å²) in [5, 5.41) is 2.59. The number of nitrogens with zero attached hydrogens (tertiary/aromatic N) is 1. The molecule has 1 N–H and O–H groups in total. The molecule has 0 radical (unpaired) electrons. The molecule has 1 saturated heterocycles. The third-order valence-electron chi connectivity index (χ3n) is 3.99. The van der Waals surface area contributed by atoms with Gasteiger partial charge in [0.05, 0.1) is 17.6 Å². The number of carbonyl (C=O) groups excluding carboxylic acids is 1. The number of aromatic nitrogens is 1. The van der Waals surface area contributed by atoms with Gasteiger partial charge in [0.2, 0.25) is 5.91 Å². The lowest BCUT2D eigenvalue weighted by molar-refractivity contribution is -0.120. The van der Waals surface area contributed by atoms with Gasteiger partial charge in [-0.25, -0.2) is 0 Å². The first-order valence-electron chi connectivity index (χ1n) is 6.76. The van der Waals surface area contributed by atoms with E-state index in [1.54, 1.807) is 13.2 Å². The Morgan fingerprint density at radius 3 is 2.45 bits per heavy atom. The maximum atomic E-state index is 11.4. The van der Waals surface area contributed by atoms with Crippen LogP contribution in [0, 0.1) is 0 Å². The first-order valence-corrected chi connectivity index (χ1v) is 6.76. The zero-order valence-corrected chi connectivity index (χ0v) is 12.7. The summed E-state index contributed by atoms with van der Waals surface area (Å²) in [4.78, 5) is 15.6. The Hall–Kier alpha value is -1.40. The Bertz CT molecular complexity index is 501. The summed E-state index contributed by atoms with van der Waals surface area (Å²) < 4.78 is 12.0. The quantitative estimate of drug-likeness (QED) is 0.824.